The Bertz CT molecular complexity index is 922. The predicted molar refractivity (Wildman–Crippen MR) is 131 cm³/mol. The average molecular weight is 477 g/mol. The summed E-state index contributed by atoms with van der Waals surface area (Å²) < 4.78 is 21.6. The van der Waals surface area contributed by atoms with E-state index in [2.05, 4.69) is 10.6 Å². The van der Waals surface area contributed by atoms with Gasteiger partial charge >= 0.3 is 0 Å². The zero-order chi connectivity index (χ0) is 24.1. The van der Waals surface area contributed by atoms with E-state index in [-0.39, 0.29) is 23.3 Å². The SMILES string of the molecule is CCOc1ccc(CCNC(=O)CSCC(=O)Nc2ccc(OC)c(OC)c2)cc1OCC. The van der Waals surface area contributed by atoms with Gasteiger partial charge in [-0.25, -0.2) is 0 Å². The summed E-state index contributed by atoms with van der Waals surface area (Å²) in [6.45, 7) is 5.47. The minimum atomic E-state index is -0.196. The highest BCUT2D eigenvalue weighted by Gasteiger charge is 2.10. The van der Waals surface area contributed by atoms with Crippen molar-refractivity contribution < 1.29 is 28.5 Å². The number of ether oxygens (including phenoxy) is 4. The third-order valence-electron chi connectivity index (χ3n) is 4.48. The van der Waals surface area contributed by atoms with Crippen LogP contribution in [0, 0.1) is 0 Å². The summed E-state index contributed by atoms with van der Waals surface area (Å²) in [6.07, 6.45) is 0.669. The zero-order valence-electron chi connectivity index (χ0n) is 19.6. The number of thioether (sulfide) groups is 1. The Kier molecular flexibility index (Phi) is 11.2. The first-order valence-electron chi connectivity index (χ1n) is 10.8. The largest absolute Gasteiger partial charge is 0.493 e. The number of carbonyl (C=O) groups excluding carboxylic acids is 2. The summed E-state index contributed by atoms with van der Waals surface area (Å²) in [5.74, 6) is 2.59. The van der Waals surface area contributed by atoms with Crippen molar-refractivity contribution in [1.29, 1.82) is 0 Å². The number of carbonyl (C=O) groups is 2. The smallest absolute Gasteiger partial charge is 0.234 e. The van der Waals surface area contributed by atoms with E-state index in [1.54, 1.807) is 25.3 Å². The number of amides is 2. The molecule has 0 aromatic heterocycles. The third-order valence-corrected chi connectivity index (χ3v) is 5.41. The van der Waals surface area contributed by atoms with E-state index < -0.39 is 0 Å². The lowest BCUT2D eigenvalue weighted by Crippen LogP contribution is -2.28. The third kappa shape index (κ3) is 8.76. The predicted octanol–water partition coefficient (Wildman–Crippen LogP) is 3.53. The van der Waals surface area contributed by atoms with Gasteiger partial charge in [-0.15, -0.1) is 11.8 Å². The summed E-state index contributed by atoms with van der Waals surface area (Å²) in [7, 11) is 3.08. The van der Waals surface area contributed by atoms with Crippen molar-refractivity contribution in [2.75, 3.05) is 50.8 Å². The molecule has 8 nitrogen and oxygen atoms in total. The first-order chi connectivity index (χ1) is 16.0. The lowest BCUT2D eigenvalue weighted by atomic mass is 10.1. The van der Waals surface area contributed by atoms with Crippen molar-refractivity contribution >= 4 is 29.3 Å². The molecule has 0 aliphatic rings. The molecule has 0 bridgehead atoms. The summed E-state index contributed by atoms with van der Waals surface area (Å²) in [4.78, 5) is 24.2. The first-order valence-corrected chi connectivity index (χ1v) is 11.9. The van der Waals surface area contributed by atoms with Crippen molar-refractivity contribution in [1.82, 2.24) is 5.32 Å². The molecule has 2 rings (SSSR count). The van der Waals surface area contributed by atoms with Gasteiger partial charge in [0.1, 0.15) is 0 Å². The van der Waals surface area contributed by atoms with Crippen LogP contribution < -0.4 is 29.6 Å². The van der Waals surface area contributed by atoms with Crippen LogP contribution in [0.2, 0.25) is 0 Å². The van der Waals surface area contributed by atoms with E-state index >= 15 is 0 Å². The van der Waals surface area contributed by atoms with Gasteiger partial charge in [0.15, 0.2) is 23.0 Å². The minimum absolute atomic E-state index is 0.116. The number of rotatable bonds is 14. The molecule has 2 N–H and O–H groups in total. The molecule has 2 aromatic carbocycles. The summed E-state index contributed by atoms with van der Waals surface area (Å²) >= 11 is 1.25. The highest BCUT2D eigenvalue weighted by atomic mass is 32.2. The molecule has 180 valence electrons. The number of anilines is 1. The fraction of sp³-hybridized carbons (Fsp3) is 0.417. The van der Waals surface area contributed by atoms with E-state index in [0.717, 1.165) is 11.3 Å². The highest BCUT2D eigenvalue weighted by molar-refractivity contribution is 8.00. The fourth-order valence-electron chi connectivity index (χ4n) is 3.00. The maximum Gasteiger partial charge on any atom is 0.234 e. The molecule has 0 unspecified atom stereocenters. The molecule has 0 aliphatic carbocycles. The van der Waals surface area contributed by atoms with Gasteiger partial charge in [-0.2, -0.15) is 0 Å². The van der Waals surface area contributed by atoms with Gasteiger partial charge in [0.05, 0.1) is 38.9 Å². The van der Waals surface area contributed by atoms with E-state index in [4.69, 9.17) is 18.9 Å². The summed E-state index contributed by atoms with van der Waals surface area (Å²) in [5, 5.41) is 5.67. The van der Waals surface area contributed by atoms with Crippen molar-refractivity contribution in [3.63, 3.8) is 0 Å². The van der Waals surface area contributed by atoms with Crippen LogP contribution in [0.1, 0.15) is 19.4 Å². The highest BCUT2D eigenvalue weighted by Crippen LogP contribution is 2.30. The number of methoxy groups -OCH3 is 2. The number of benzene rings is 2. The molecule has 2 aromatic rings. The van der Waals surface area contributed by atoms with Crippen LogP contribution >= 0.6 is 11.8 Å². The second-order valence-electron chi connectivity index (χ2n) is 6.86. The maximum atomic E-state index is 12.1. The Hall–Kier alpha value is -3.07. The van der Waals surface area contributed by atoms with Crippen LogP contribution in [0.3, 0.4) is 0 Å². The normalized spacial score (nSPS) is 10.3. The molecule has 0 saturated heterocycles. The van der Waals surface area contributed by atoms with Gasteiger partial charge in [-0.05, 0) is 50.1 Å². The molecule has 0 radical (unpaired) electrons. The zero-order valence-corrected chi connectivity index (χ0v) is 20.4. The van der Waals surface area contributed by atoms with Gasteiger partial charge in [0.25, 0.3) is 0 Å². The van der Waals surface area contributed by atoms with Gasteiger partial charge in [-0.1, -0.05) is 6.07 Å². The molecule has 2 amide bonds. The molecule has 0 atom stereocenters. The van der Waals surface area contributed by atoms with Gasteiger partial charge in [0, 0.05) is 18.3 Å². The number of nitrogens with one attached hydrogen (secondary N) is 2. The summed E-state index contributed by atoms with van der Waals surface area (Å²) in [5.41, 5.74) is 1.65. The Morgan fingerprint density at radius 1 is 0.818 bits per heavy atom. The minimum Gasteiger partial charge on any atom is -0.493 e. The monoisotopic (exact) mass is 476 g/mol. The molecule has 0 spiro atoms. The molecule has 33 heavy (non-hydrogen) atoms. The van der Waals surface area contributed by atoms with E-state index in [1.807, 2.05) is 32.0 Å². The van der Waals surface area contributed by atoms with Crippen LogP contribution in [-0.4, -0.2) is 57.3 Å². The Morgan fingerprint density at radius 2 is 1.48 bits per heavy atom. The van der Waals surface area contributed by atoms with Crippen molar-refractivity contribution in [2.24, 2.45) is 0 Å². The van der Waals surface area contributed by atoms with E-state index in [9.17, 15) is 9.59 Å². The van der Waals surface area contributed by atoms with E-state index in [0.29, 0.717) is 49.1 Å². The van der Waals surface area contributed by atoms with E-state index in [1.165, 1.54) is 18.9 Å². The maximum absolute atomic E-state index is 12.1. The Labute approximate surface area is 199 Å². The molecule has 0 saturated carbocycles. The van der Waals surface area contributed by atoms with Gasteiger partial charge in [-0.3, -0.25) is 9.59 Å². The topological polar surface area (TPSA) is 95.1 Å². The van der Waals surface area contributed by atoms with Crippen molar-refractivity contribution in [2.45, 2.75) is 20.3 Å². The van der Waals surface area contributed by atoms with Gasteiger partial charge < -0.3 is 29.6 Å². The van der Waals surface area contributed by atoms with Gasteiger partial charge in [0.2, 0.25) is 11.8 Å². The number of hydrogen-bond donors (Lipinski definition) is 2. The Balaban J connectivity index is 1.71. The second-order valence-corrected chi connectivity index (χ2v) is 7.84. The van der Waals surface area contributed by atoms with Crippen molar-refractivity contribution in [3.05, 3.63) is 42.0 Å². The molecular formula is C24H32N2O6S. The summed E-state index contributed by atoms with van der Waals surface area (Å²) in [6, 6.07) is 10.9. The fourth-order valence-corrected chi connectivity index (χ4v) is 3.64. The average Bonchev–Trinajstić information content (AvgIpc) is 2.81. The lowest BCUT2D eigenvalue weighted by Gasteiger charge is -2.12. The molecular weight excluding hydrogens is 444 g/mol. The molecule has 0 aliphatic heterocycles. The van der Waals surface area contributed by atoms with Crippen LogP contribution in [0.4, 0.5) is 5.69 Å². The van der Waals surface area contributed by atoms with Crippen LogP contribution in [0.15, 0.2) is 36.4 Å². The number of hydrogen-bond acceptors (Lipinski definition) is 7. The lowest BCUT2D eigenvalue weighted by molar-refractivity contribution is -0.118. The van der Waals surface area contributed by atoms with Crippen LogP contribution in [0.5, 0.6) is 23.0 Å². The van der Waals surface area contributed by atoms with Crippen LogP contribution in [-0.2, 0) is 16.0 Å². The van der Waals surface area contributed by atoms with Crippen LogP contribution in [0.25, 0.3) is 0 Å². The molecule has 9 heteroatoms. The Morgan fingerprint density at radius 3 is 2.18 bits per heavy atom. The second kappa shape index (κ2) is 14.2. The molecule has 0 heterocycles. The standard InChI is InChI=1S/C24H32N2O6S/c1-5-31-20-9-7-17(13-22(20)32-6-2)11-12-25-23(27)15-33-16-24(28)26-18-8-10-19(29-3)21(14-18)30-4/h7-10,13-14H,5-6,11-12,15-16H2,1-4H3,(H,25,27)(H,26,28). The first kappa shape index (κ1) is 26.2. The molecule has 0 fully saturated rings. The quantitative estimate of drug-likeness (QED) is 0.431. The van der Waals surface area contributed by atoms with Crippen molar-refractivity contribution in [3.8, 4) is 23.0 Å².